The fourth-order valence-electron chi connectivity index (χ4n) is 3.50. The topological polar surface area (TPSA) is 55.4 Å². The molecular weight excluding hydrogens is 366 g/mol. The quantitative estimate of drug-likeness (QED) is 0.734. The van der Waals surface area contributed by atoms with E-state index in [2.05, 4.69) is 11.9 Å². The molecule has 1 aliphatic heterocycles. The molecule has 1 spiro atoms. The third-order valence-electron chi connectivity index (χ3n) is 4.97. The number of carbonyl (C=O) groups is 2. The summed E-state index contributed by atoms with van der Waals surface area (Å²) in [5, 5.41) is 2.83. The number of Topliss-reactive ketones (excluding diaryl/α,β-unsaturated/α-hetero) is 1. The Labute approximate surface area is 163 Å². The molecule has 1 saturated heterocycles. The van der Waals surface area contributed by atoms with Crippen molar-refractivity contribution < 1.29 is 14.3 Å². The van der Waals surface area contributed by atoms with Crippen LogP contribution in [0.1, 0.15) is 24.8 Å². The third-order valence-corrected chi connectivity index (χ3v) is 8.38. The number of nitrogens with one attached hydrogen (secondary N) is 1. The lowest BCUT2D eigenvalue weighted by molar-refractivity contribution is -0.117. The molecule has 1 aromatic rings. The molecule has 1 heterocycles. The van der Waals surface area contributed by atoms with Crippen LogP contribution in [0.4, 0.5) is 4.79 Å². The largest absolute Gasteiger partial charge is 0.445 e. The Morgan fingerprint density at radius 2 is 2.08 bits per heavy atom. The minimum absolute atomic E-state index is 0.0886. The van der Waals surface area contributed by atoms with Gasteiger partial charge in [0.1, 0.15) is 10.7 Å². The number of hydrogen-bond acceptors (Lipinski definition) is 5. The summed E-state index contributed by atoms with van der Waals surface area (Å²) in [7, 11) is 0. The fraction of sp³-hybridized carbons (Fsp3) is 0.500. The summed E-state index contributed by atoms with van der Waals surface area (Å²) in [4.78, 5) is 24.6. The number of ketones is 1. The van der Waals surface area contributed by atoms with Gasteiger partial charge < -0.3 is 10.1 Å². The molecule has 140 valence electrons. The SMILES string of the molecule is C=C[C@@H](CNC(=O)OCc1ccccc1)[C@H]1CC(=O)C2(C1)SCCCS2. The van der Waals surface area contributed by atoms with Crippen molar-refractivity contribution in [2.24, 2.45) is 11.8 Å². The van der Waals surface area contributed by atoms with Crippen molar-refractivity contribution in [3.63, 3.8) is 0 Å². The highest BCUT2D eigenvalue weighted by Crippen LogP contribution is 2.53. The second-order valence-corrected chi connectivity index (χ2v) is 9.78. The van der Waals surface area contributed by atoms with E-state index in [1.165, 1.54) is 6.42 Å². The summed E-state index contributed by atoms with van der Waals surface area (Å²) in [6.07, 6.45) is 4.07. The Bertz CT molecular complexity index is 644. The fourth-order valence-corrected chi connectivity index (χ4v) is 6.90. The van der Waals surface area contributed by atoms with E-state index < -0.39 is 6.09 Å². The highest BCUT2D eigenvalue weighted by Gasteiger charge is 2.49. The molecule has 1 N–H and O–H groups in total. The van der Waals surface area contributed by atoms with E-state index in [4.69, 9.17) is 4.74 Å². The first-order valence-electron chi connectivity index (χ1n) is 9.01. The highest BCUT2D eigenvalue weighted by atomic mass is 32.2. The van der Waals surface area contributed by atoms with Gasteiger partial charge in [0.15, 0.2) is 5.78 Å². The average molecular weight is 392 g/mol. The van der Waals surface area contributed by atoms with E-state index in [1.54, 1.807) is 0 Å². The van der Waals surface area contributed by atoms with Gasteiger partial charge in [-0.25, -0.2) is 4.79 Å². The van der Waals surface area contributed by atoms with Gasteiger partial charge in [0.05, 0.1) is 0 Å². The van der Waals surface area contributed by atoms with Crippen molar-refractivity contribution in [1.29, 1.82) is 0 Å². The Morgan fingerprint density at radius 1 is 1.35 bits per heavy atom. The zero-order valence-corrected chi connectivity index (χ0v) is 16.4. The molecule has 26 heavy (non-hydrogen) atoms. The summed E-state index contributed by atoms with van der Waals surface area (Å²) >= 11 is 3.62. The summed E-state index contributed by atoms with van der Waals surface area (Å²) < 4.78 is 5.01. The minimum atomic E-state index is -0.429. The first kappa shape index (κ1) is 19.4. The molecule has 2 atom stereocenters. The molecule has 2 fully saturated rings. The summed E-state index contributed by atoms with van der Waals surface area (Å²) in [6.45, 7) is 4.63. The van der Waals surface area contributed by atoms with E-state index in [0.29, 0.717) is 18.7 Å². The van der Waals surface area contributed by atoms with Crippen LogP contribution in [-0.4, -0.2) is 34.0 Å². The van der Waals surface area contributed by atoms with Gasteiger partial charge >= 0.3 is 6.09 Å². The van der Waals surface area contributed by atoms with Crippen LogP contribution in [-0.2, 0) is 16.1 Å². The Morgan fingerprint density at radius 3 is 2.77 bits per heavy atom. The van der Waals surface area contributed by atoms with Crippen molar-refractivity contribution in [2.75, 3.05) is 18.1 Å². The average Bonchev–Trinajstić information content (AvgIpc) is 2.97. The number of carbonyl (C=O) groups excluding carboxylic acids is 2. The molecule has 6 heteroatoms. The van der Waals surface area contributed by atoms with Crippen molar-refractivity contribution >= 4 is 35.4 Å². The van der Waals surface area contributed by atoms with E-state index in [1.807, 2.05) is 59.9 Å². The Kier molecular flexibility index (Phi) is 6.70. The number of amides is 1. The van der Waals surface area contributed by atoms with Crippen molar-refractivity contribution in [2.45, 2.75) is 29.9 Å². The number of hydrogen-bond donors (Lipinski definition) is 1. The van der Waals surface area contributed by atoms with Gasteiger partial charge in [-0.05, 0) is 41.7 Å². The van der Waals surface area contributed by atoms with Gasteiger partial charge in [-0.1, -0.05) is 36.4 Å². The first-order chi connectivity index (χ1) is 12.6. The number of alkyl carbamates (subject to hydrolysis) is 1. The molecule has 1 amide bonds. The predicted octanol–water partition coefficient (Wildman–Crippen LogP) is 4.26. The lowest BCUT2D eigenvalue weighted by atomic mass is 9.91. The van der Waals surface area contributed by atoms with Crippen molar-refractivity contribution in [1.82, 2.24) is 5.32 Å². The molecule has 0 unspecified atom stereocenters. The number of ether oxygens (including phenoxy) is 1. The van der Waals surface area contributed by atoms with Crippen molar-refractivity contribution in [3.8, 4) is 0 Å². The second-order valence-electron chi connectivity index (χ2n) is 6.74. The summed E-state index contributed by atoms with van der Waals surface area (Å²) in [5.74, 6) is 2.82. The third kappa shape index (κ3) is 4.65. The van der Waals surface area contributed by atoms with E-state index >= 15 is 0 Å². The van der Waals surface area contributed by atoms with Gasteiger partial charge in [-0.2, -0.15) is 0 Å². The monoisotopic (exact) mass is 391 g/mol. The number of thioether (sulfide) groups is 2. The number of benzene rings is 1. The maximum absolute atomic E-state index is 12.6. The normalized spacial score (nSPS) is 22.8. The predicted molar refractivity (Wildman–Crippen MR) is 108 cm³/mol. The molecule has 1 aromatic carbocycles. The maximum Gasteiger partial charge on any atom is 0.407 e. The van der Waals surface area contributed by atoms with Crippen LogP contribution in [0, 0.1) is 11.8 Å². The highest BCUT2D eigenvalue weighted by molar-refractivity contribution is 8.19. The second kappa shape index (κ2) is 9.00. The summed E-state index contributed by atoms with van der Waals surface area (Å²) in [6, 6.07) is 9.60. The zero-order valence-electron chi connectivity index (χ0n) is 14.8. The van der Waals surface area contributed by atoms with Gasteiger partial charge in [0.2, 0.25) is 0 Å². The van der Waals surface area contributed by atoms with Crippen molar-refractivity contribution in [3.05, 3.63) is 48.6 Å². The zero-order chi connectivity index (χ0) is 18.4. The molecule has 4 nitrogen and oxygen atoms in total. The molecule has 0 radical (unpaired) electrons. The lowest BCUT2D eigenvalue weighted by Gasteiger charge is -2.31. The standard InChI is InChI=1S/C20H25NO3S2/c1-2-16(13-21-19(23)24-14-15-7-4-3-5-8-15)17-11-18(22)20(12-17)25-9-6-10-26-20/h2-5,7-8,16-17H,1,6,9-14H2,(H,21,23)/t16-,17-/m0/s1. The first-order valence-corrected chi connectivity index (χ1v) is 11.0. The molecule has 2 aliphatic rings. The van der Waals surface area contributed by atoms with Crippen LogP contribution < -0.4 is 5.32 Å². The summed E-state index contributed by atoms with van der Waals surface area (Å²) in [5.41, 5.74) is 0.956. The molecular formula is C20H25NO3S2. The molecule has 0 bridgehead atoms. The van der Waals surface area contributed by atoms with Gasteiger partial charge in [0, 0.05) is 13.0 Å². The van der Waals surface area contributed by atoms with Crippen LogP contribution in [0.2, 0.25) is 0 Å². The van der Waals surface area contributed by atoms with Crippen LogP contribution >= 0.6 is 23.5 Å². The lowest BCUT2D eigenvalue weighted by Crippen LogP contribution is -2.32. The van der Waals surface area contributed by atoms with Gasteiger partial charge in [-0.3, -0.25) is 4.79 Å². The molecule has 1 saturated carbocycles. The van der Waals surface area contributed by atoms with Crippen LogP contribution in [0.15, 0.2) is 43.0 Å². The Hall–Kier alpha value is -1.40. The number of rotatable bonds is 6. The molecule has 1 aliphatic carbocycles. The Balaban J connectivity index is 1.48. The van der Waals surface area contributed by atoms with E-state index in [-0.39, 0.29) is 22.5 Å². The van der Waals surface area contributed by atoms with E-state index in [0.717, 1.165) is 23.5 Å². The smallest absolute Gasteiger partial charge is 0.407 e. The van der Waals surface area contributed by atoms with Crippen LogP contribution in [0.3, 0.4) is 0 Å². The van der Waals surface area contributed by atoms with E-state index in [9.17, 15) is 9.59 Å². The molecule has 0 aromatic heterocycles. The van der Waals surface area contributed by atoms with Crippen LogP contribution in [0.5, 0.6) is 0 Å². The molecule has 3 rings (SSSR count). The van der Waals surface area contributed by atoms with Gasteiger partial charge in [0.25, 0.3) is 0 Å². The maximum atomic E-state index is 12.6. The van der Waals surface area contributed by atoms with Crippen LogP contribution in [0.25, 0.3) is 0 Å². The van der Waals surface area contributed by atoms with Gasteiger partial charge in [-0.15, -0.1) is 30.1 Å². The minimum Gasteiger partial charge on any atom is -0.445 e.